The Morgan fingerprint density at radius 3 is 2.27 bits per heavy atom. The maximum absolute atomic E-state index is 13.0. The topological polar surface area (TPSA) is 92.8 Å². The van der Waals surface area contributed by atoms with Crippen LogP contribution in [-0.2, 0) is 19.1 Å². The molecule has 7 heteroatoms. The van der Waals surface area contributed by atoms with Crippen LogP contribution in [0.15, 0.2) is 36.4 Å². The van der Waals surface area contributed by atoms with Crippen LogP contribution in [0.25, 0.3) is 0 Å². The molecule has 1 aliphatic heterocycles. The molecule has 0 radical (unpaired) electrons. The molecular weight excluding hydrogens is 384 g/mol. The number of hydrogen-bond donors (Lipinski definition) is 1. The Kier molecular flexibility index (Phi) is 4.31. The van der Waals surface area contributed by atoms with E-state index in [9.17, 15) is 19.2 Å². The maximum Gasteiger partial charge on any atom is 0.340 e. The number of carbonyl (C=O) groups is 4. The summed E-state index contributed by atoms with van der Waals surface area (Å²) >= 11 is 0. The third kappa shape index (κ3) is 2.87. The fourth-order valence-electron chi connectivity index (χ4n) is 5.56. The van der Waals surface area contributed by atoms with E-state index in [2.05, 4.69) is 17.5 Å². The molecule has 0 unspecified atom stereocenters. The van der Waals surface area contributed by atoms with Crippen molar-refractivity contribution in [1.29, 1.82) is 0 Å². The number of anilines is 1. The summed E-state index contributed by atoms with van der Waals surface area (Å²) in [6.45, 7) is 3.15. The van der Waals surface area contributed by atoms with Gasteiger partial charge in [-0.15, -0.1) is 0 Å². The normalized spacial score (nSPS) is 32.8. The number of nitrogens with one attached hydrogen (secondary N) is 1. The van der Waals surface area contributed by atoms with Gasteiger partial charge in [-0.25, -0.2) is 4.79 Å². The molecule has 2 bridgehead atoms. The van der Waals surface area contributed by atoms with E-state index in [0.29, 0.717) is 17.5 Å². The van der Waals surface area contributed by atoms with Crippen LogP contribution in [0, 0.1) is 35.5 Å². The molecule has 1 N–H and O–H groups in total. The van der Waals surface area contributed by atoms with Crippen molar-refractivity contribution in [2.75, 3.05) is 11.9 Å². The number of nitrogens with zero attached hydrogens (tertiary/aromatic N) is 1. The fourth-order valence-corrected chi connectivity index (χ4v) is 5.56. The number of amides is 3. The van der Waals surface area contributed by atoms with Gasteiger partial charge in [-0.1, -0.05) is 24.3 Å². The first kappa shape index (κ1) is 19.0. The van der Waals surface area contributed by atoms with Crippen molar-refractivity contribution in [2.45, 2.75) is 26.4 Å². The molecule has 1 saturated heterocycles. The first-order valence-corrected chi connectivity index (χ1v) is 10.5. The quantitative estimate of drug-likeness (QED) is 0.458. The van der Waals surface area contributed by atoms with Crippen LogP contribution in [0.4, 0.5) is 5.69 Å². The fraction of sp³-hybridized carbons (Fsp3) is 0.478. The van der Waals surface area contributed by atoms with E-state index in [1.54, 1.807) is 38.1 Å². The van der Waals surface area contributed by atoms with Gasteiger partial charge in [0.15, 0.2) is 0 Å². The van der Waals surface area contributed by atoms with Crippen molar-refractivity contribution in [2.24, 2.45) is 35.5 Å². The largest absolute Gasteiger partial charge is 0.459 e. The van der Waals surface area contributed by atoms with E-state index < -0.39 is 11.9 Å². The molecular formula is C23H24N2O5. The molecule has 5 aliphatic rings. The minimum atomic E-state index is -0.540. The molecule has 6 rings (SSSR count). The lowest BCUT2D eigenvalue weighted by atomic mass is 9.63. The summed E-state index contributed by atoms with van der Waals surface area (Å²) in [6.07, 6.45) is 5.01. The van der Waals surface area contributed by atoms with E-state index in [1.165, 1.54) is 0 Å². The molecule has 1 aromatic carbocycles. The summed E-state index contributed by atoms with van der Waals surface area (Å²) in [6, 6.07) is 6.54. The van der Waals surface area contributed by atoms with Crippen molar-refractivity contribution in [1.82, 2.24) is 4.90 Å². The molecule has 156 valence electrons. The Balaban J connectivity index is 1.30. The van der Waals surface area contributed by atoms with Gasteiger partial charge in [0.25, 0.3) is 0 Å². The number of imide groups is 1. The van der Waals surface area contributed by atoms with Gasteiger partial charge in [0.2, 0.25) is 17.7 Å². The lowest BCUT2D eigenvalue weighted by Crippen LogP contribution is -2.40. The second-order valence-corrected chi connectivity index (χ2v) is 8.97. The number of hydrogen-bond acceptors (Lipinski definition) is 5. The predicted octanol–water partition coefficient (Wildman–Crippen LogP) is 2.24. The maximum atomic E-state index is 13.0. The smallest absolute Gasteiger partial charge is 0.340 e. The Morgan fingerprint density at radius 1 is 1.07 bits per heavy atom. The van der Waals surface area contributed by atoms with Crippen LogP contribution >= 0.6 is 0 Å². The summed E-state index contributed by atoms with van der Waals surface area (Å²) in [7, 11) is 0. The number of allylic oxidation sites excluding steroid dienone is 2. The van der Waals surface area contributed by atoms with Crippen LogP contribution in [0.3, 0.4) is 0 Å². The highest BCUT2D eigenvalue weighted by Crippen LogP contribution is 2.65. The zero-order chi connectivity index (χ0) is 21.2. The molecule has 0 spiro atoms. The first-order valence-electron chi connectivity index (χ1n) is 10.5. The molecule has 2 saturated carbocycles. The Bertz CT molecular complexity index is 948. The van der Waals surface area contributed by atoms with Crippen molar-refractivity contribution in [3.05, 3.63) is 42.0 Å². The van der Waals surface area contributed by atoms with Gasteiger partial charge in [0.1, 0.15) is 6.54 Å². The summed E-state index contributed by atoms with van der Waals surface area (Å²) in [5.41, 5.74) is 0.530. The molecule has 1 heterocycles. The second-order valence-electron chi connectivity index (χ2n) is 8.97. The SMILES string of the molecule is CC(C)OC(=O)c1ccccc1NC(=O)CN1C(=O)[C@@H]2[C@H]3C=C[C@@H]([C@@H]4C[C@H]34)[C@H]2C1=O. The minimum Gasteiger partial charge on any atom is -0.459 e. The van der Waals surface area contributed by atoms with E-state index in [4.69, 9.17) is 4.74 Å². The Labute approximate surface area is 174 Å². The first-order chi connectivity index (χ1) is 14.4. The van der Waals surface area contributed by atoms with E-state index in [1.807, 2.05) is 0 Å². The summed E-state index contributed by atoms with van der Waals surface area (Å²) in [5, 5.41) is 2.67. The molecule has 0 aromatic heterocycles. The number of carbonyl (C=O) groups excluding carboxylic acids is 4. The summed E-state index contributed by atoms with van der Waals surface area (Å²) in [5.74, 6) is -0.879. The zero-order valence-electron chi connectivity index (χ0n) is 16.9. The number of rotatable bonds is 5. The van der Waals surface area contributed by atoms with Gasteiger partial charge in [0.05, 0.1) is 29.2 Å². The van der Waals surface area contributed by atoms with E-state index >= 15 is 0 Å². The molecule has 6 atom stereocenters. The van der Waals surface area contributed by atoms with E-state index in [0.717, 1.165) is 11.3 Å². The molecule has 3 fully saturated rings. The average molecular weight is 408 g/mol. The number of benzene rings is 1. The average Bonchev–Trinajstić information content (AvgIpc) is 3.49. The highest BCUT2D eigenvalue weighted by atomic mass is 16.5. The number of para-hydroxylation sites is 1. The summed E-state index contributed by atoms with van der Waals surface area (Å²) in [4.78, 5) is 52.1. The third-order valence-electron chi connectivity index (χ3n) is 6.82. The third-order valence-corrected chi connectivity index (χ3v) is 6.82. The predicted molar refractivity (Wildman–Crippen MR) is 107 cm³/mol. The van der Waals surface area contributed by atoms with Gasteiger partial charge in [-0.05, 0) is 56.1 Å². The number of esters is 1. The van der Waals surface area contributed by atoms with Gasteiger partial charge in [0, 0.05) is 0 Å². The number of likely N-dealkylation sites (tertiary alicyclic amines) is 1. The second kappa shape index (κ2) is 6.79. The Hall–Kier alpha value is -2.96. The van der Waals surface area contributed by atoms with Crippen molar-refractivity contribution >= 4 is 29.4 Å². The monoisotopic (exact) mass is 408 g/mol. The van der Waals surface area contributed by atoms with Crippen LogP contribution in [-0.4, -0.2) is 41.2 Å². The highest BCUT2D eigenvalue weighted by Gasteiger charge is 2.67. The van der Waals surface area contributed by atoms with Crippen molar-refractivity contribution < 1.29 is 23.9 Å². The van der Waals surface area contributed by atoms with Gasteiger partial charge in [-0.3, -0.25) is 19.3 Å². The molecule has 1 aromatic rings. The van der Waals surface area contributed by atoms with Crippen molar-refractivity contribution in [3.63, 3.8) is 0 Å². The lowest BCUT2D eigenvalue weighted by molar-refractivity contribution is -0.142. The number of ether oxygens (including phenoxy) is 1. The van der Waals surface area contributed by atoms with Gasteiger partial charge < -0.3 is 10.1 Å². The lowest BCUT2D eigenvalue weighted by Gasteiger charge is -2.37. The van der Waals surface area contributed by atoms with Crippen LogP contribution in [0.2, 0.25) is 0 Å². The van der Waals surface area contributed by atoms with Gasteiger partial charge >= 0.3 is 5.97 Å². The minimum absolute atomic E-state index is 0.126. The van der Waals surface area contributed by atoms with Crippen LogP contribution in [0.1, 0.15) is 30.6 Å². The Morgan fingerprint density at radius 2 is 1.67 bits per heavy atom. The molecule has 7 nitrogen and oxygen atoms in total. The molecule has 3 amide bonds. The van der Waals surface area contributed by atoms with E-state index in [-0.39, 0.29) is 53.7 Å². The molecule has 4 aliphatic carbocycles. The van der Waals surface area contributed by atoms with Crippen LogP contribution < -0.4 is 5.32 Å². The zero-order valence-corrected chi connectivity index (χ0v) is 16.9. The van der Waals surface area contributed by atoms with Crippen LogP contribution in [0.5, 0.6) is 0 Å². The van der Waals surface area contributed by atoms with Crippen molar-refractivity contribution in [3.8, 4) is 0 Å². The molecule has 30 heavy (non-hydrogen) atoms. The van der Waals surface area contributed by atoms with Gasteiger partial charge in [-0.2, -0.15) is 0 Å². The standard InChI is InChI=1S/C23H24N2O5/c1-11(2)30-23(29)14-5-3-4-6-17(14)24-18(26)10-25-21(27)19-12-7-8-13(16-9-15(12)16)20(19)22(25)28/h3-8,11-13,15-16,19-20H,9-10H2,1-2H3,(H,24,26)/t12-,13-,15-,16+,19+,20+/m0/s1. The summed E-state index contributed by atoms with van der Waals surface area (Å²) < 4.78 is 5.22. The highest BCUT2D eigenvalue weighted by molar-refractivity contribution is 6.10.